The summed E-state index contributed by atoms with van der Waals surface area (Å²) in [5, 5.41) is 7.02. The first-order chi connectivity index (χ1) is 25.1. The fourth-order valence-corrected chi connectivity index (χ4v) is 5.56. The molecule has 8 nitrogen and oxygen atoms in total. The second kappa shape index (κ2) is 16.2. The molecule has 4 heterocycles. The van der Waals surface area contributed by atoms with Crippen molar-refractivity contribution < 1.29 is 35.9 Å². The number of hydrogen-bond acceptors (Lipinski definition) is 6. The van der Waals surface area contributed by atoms with E-state index in [2.05, 4.69) is 30.6 Å². The summed E-state index contributed by atoms with van der Waals surface area (Å²) in [7, 11) is 0. The van der Waals surface area contributed by atoms with Gasteiger partial charge in [-0.2, -0.15) is 26.3 Å². The van der Waals surface area contributed by atoms with E-state index in [4.69, 9.17) is 0 Å². The van der Waals surface area contributed by atoms with Crippen molar-refractivity contribution in [2.24, 2.45) is 0 Å². The molecule has 0 spiro atoms. The Morgan fingerprint density at radius 3 is 1.75 bits per heavy atom. The van der Waals surface area contributed by atoms with E-state index in [1.165, 1.54) is 12.1 Å². The Labute approximate surface area is 300 Å². The molecule has 1 unspecified atom stereocenters. The molecule has 6 rings (SSSR count). The number of pyridine rings is 4. The number of aryl methyl sites for hydroxylation is 2. The molecule has 1 atom stereocenters. The van der Waals surface area contributed by atoms with Crippen LogP contribution in [0.1, 0.15) is 73.7 Å². The Kier molecular flexibility index (Phi) is 11.7. The van der Waals surface area contributed by atoms with Crippen LogP contribution in [0.3, 0.4) is 0 Å². The molecule has 0 saturated heterocycles. The Morgan fingerprint density at radius 2 is 1.21 bits per heavy atom. The molecular formula is C39H34F6N6O2. The van der Waals surface area contributed by atoms with Crippen LogP contribution in [-0.4, -0.2) is 38.3 Å². The molecule has 2 amide bonds. The standard InChI is InChI=1S/C20H18F3N3O.C19H16F3N3O/c1-3-17(13-6-4-8-15(10-13)20(21,22)23)26-19(27)16-11-14-7-5-9-24-18(14)25-12(16)2;1-12-16(11-14-5-3-8-23-17(14)25-12)18(26)24-9-7-13-4-2-6-15(10-13)19(20,21)22/h4-11,17H,3H2,1-2H3,(H,26,27);2-6,8,10-11H,7,9H2,1H3,(H,24,26). The number of amides is 2. The highest BCUT2D eigenvalue weighted by atomic mass is 19.4. The zero-order chi connectivity index (χ0) is 38.3. The average molecular weight is 733 g/mol. The van der Waals surface area contributed by atoms with Crippen molar-refractivity contribution in [3.05, 3.63) is 142 Å². The SMILES string of the molecule is CCC(NC(=O)c1cc2cccnc2nc1C)c1cccc(C(F)(F)F)c1.Cc1nc2ncccc2cc1C(=O)NCCc1cccc(C(F)(F)F)c1. The van der Waals surface area contributed by atoms with Gasteiger partial charge in [0.25, 0.3) is 11.8 Å². The lowest BCUT2D eigenvalue weighted by molar-refractivity contribution is -0.138. The highest BCUT2D eigenvalue weighted by Crippen LogP contribution is 2.32. The molecule has 53 heavy (non-hydrogen) atoms. The average Bonchev–Trinajstić information content (AvgIpc) is 3.13. The molecule has 4 aromatic heterocycles. The molecular weight excluding hydrogens is 698 g/mol. The monoisotopic (exact) mass is 732 g/mol. The van der Waals surface area contributed by atoms with E-state index in [1.807, 2.05) is 6.07 Å². The fourth-order valence-electron chi connectivity index (χ4n) is 5.56. The molecule has 0 radical (unpaired) electrons. The molecule has 274 valence electrons. The molecule has 6 aromatic rings. The number of fused-ring (bicyclic) bond motifs is 2. The Bertz CT molecular complexity index is 2260. The van der Waals surface area contributed by atoms with Gasteiger partial charge in [0.05, 0.1) is 39.7 Å². The van der Waals surface area contributed by atoms with Crippen molar-refractivity contribution >= 4 is 33.9 Å². The van der Waals surface area contributed by atoms with Gasteiger partial charge < -0.3 is 10.6 Å². The zero-order valence-corrected chi connectivity index (χ0v) is 28.8. The first-order valence-electron chi connectivity index (χ1n) is 16.5. The van der Waals surface area contributed by atoms with Crippen LogP contribution in [0.4, 0.5) is 26.3 Å². The van der Waals surface area contributed by atoms with Crippen LogP contribution >= 0.6 is 0 Å². The summed E-state index contributed by atoms with van der Waals surface area (Å²) in [4.78, 5) is 42.0. The van der Waals surface area contributed by atoms with E-state index in [9.17, 15) is 35.9 Å². The highest BCUT2D eigenvalue weighted by molar-refractivity contribution is 5.99. The van der Waals surface area contributed by atoms with Crippen LogP contribution in [0.2, 0.25) is 0 Å². The number of halogens is 6. The van der Waals surface area contributed by atoms with Gasteiger partial charge in [-0.25, -0.2) is 19.9 Å². The number of hydrogen-bond donors (Lipinski definition) is 2. The molecule has 0 aliphatic heterocycles. The number of rotatable bonds is 8. The van der Waals surface area contributed by atoms with Crippen LogP contribution in [0, 0.1) is 13.8 Å². The number of nitrogens with one attached hydrogen (secondary N) is 2. The minimum Gasteiger partial charge on any atom is -0.352 e. The topological polar surface area (TPSA) is 110 Å². The van der Waals surface area contributed by atoms with E-state index < -0.39 is 29.5 Å². The van der Waals surface area contributed by atoms with Gasteiger partial charge in [-0.1, -0.05) is 37.3 Å². The van der Waals surface area contributed by atoms with Gasteiger partial charge in [0.1, 0.15) is 0 Å². The molecule has 14 heteroatoms. The zero-order valence-electron chi connectivity index (χ0n) is 28.8. The Morgan fingerprint density at radius 1 is 0.679 bits per heavy atom. The number of benzene rings is 2. The molecule has 0 bridgehead atoms. The first-order valence-corrected chi connectivity index (χ1v) is 16.5. The van der Waals surface area contributed by atoms with Gasteiger partial charge in [-0.3, -0.25) is 9.59 Å². The minimum absolute atomic E-state index is 0.227. The summed E-state index contributed by atoms with van der Waals surface area (Å²) >= 11 is 0. The molecule has 0 aliphatic carbocycles. The maximum Gasteiger partial charge on any atom is 0.416 e. The van der Waals surface area contributed by atoms with Crippen molar-refractivity contribution in [1.29, 1.82) is 0 Å². The van der Waals surface area contributed by atoms with Gasteiger partial charge >= 0.3 is 12.4 Å². The van der Waals surface area contributed by atoms with Crippen molar-refractivity contribution in [2.75, 3.05) is 6.54 Å². The van der Waals surface area contributed by atoms with Crippen LogP contribution in [0.5, 0.6) is 0 Å². The van der Waals surface area contributed by atoms with Gasteiger partial charge in [0.15, 0.2) is 11.3 Å². The predicted molar refractivity (Wildman–Crippen MR) is 188 cm³/mol. The van der Waals surface area contributed by atoms with E-state index in [0.29, 0.717) is 57.8 Å². The third kappa shape index (κ3) is 9.70. The summed E-state index contributed by atoms with van der Waals surface area (Å²) in [6, 6.07) is 20.1. The molecule has 0 aliphatic rings. The maximum atomic E-state index is 13.0. The van der Waals surface area contributed by atoms with Crippen molar-refractivity contribution in [1.82, 2.24) is 30.6 Å². The van der Waals surface area contributed by atoms with Gasteiger partial charge in [0, 0.05) is 29.7 Å². The quantitative estimate of drug-likeness (QED) is 0.152. The van der Waals surface area contributed by atoms with Gasteiger partial charge in [-0.15, -0.1) is 0 Å². The Hall–Kier alpha value is -5.92. The lowest BCUT2D eigenvalue weighted by Crippen LogP contribution is -2.29. The number of nitrogens with zero attached hydrogens (tertiary/aromatic N) is 4. The van der Waals surface area contributed by atoms with Crippen molar-refractivity contribution in [3.8, 4) is 0 Å². The maximum absolute atomic E-state index is 13.0. The fraction of sp³-hybridized carbons (Fsp3) is 0.231. The smallest absolute Gasteiger partial charge is 0.352 e. The Balaban J connectivity index is 0.000000204. The highest BCUT2D eigenvalue weighted by Gasteiger charge is 2.31. The van der Waals surface area contributed by atoms with Crippen molar-refractivity contribution in [2.45, 2.75) is 52.0 Å². The summed E-state index contributed by atoms with van der Waals surface area (Å²) in [6.07, 6.45) is -4.80. The van der Waals surface area contributed by atoms with Crippen LogP contribution in [0.25, 0.3) is 22.1 Å². The molecule has 0 saturated carbocycles. The lowest BCUT2D eigenvalue weighted by Gasteiger charge is -2.19. The third-order valence-corrected chi connectivity index (χ3v) is 8.33. The summed E-state index contributed by atoms with van der Waals surface area (Å²) in [5.74, 6) is -0.692. The van der Waals surface area contributed by atoms with Crippen LogP contribution in [0.15, 0.2) is 97.3 Å². The van der Waals surface area contributed by atoms with E-state index in [0.717, 1.165) is 35.0 Å². The molecule has 0 fully saturated rings. The van der Waals surface area contributed by atoms with E-state index in [-0.39, 0.29) is 18.4 Å². The second-order valence-corrected chi connectivity index (χ2v) is 12.1. The van der Waals surface area contributed by atoms with Crippen LogP contribution in [-0.2, 0) is 18.8 Å². The summed E-state index contributed by atoms with van der Waals surface area (Å²) < 4.78 is 77.1. The third-order valence-electron chi connectivity index (χ3n) is 8.33. The van der Waals surface area contributed by atoms with Gasteiger partial charge in [0.2, 0.25) is 0 Å². The lowest BCUT2D eigenvalue weighted by atomic mass is 10.0. The first kappa shape index (κ1) is 38.3. The number of aromatic nitrogens is 4. The van der Waals surface area contributed by atoms with Crippen molar-refractivity contribution in [3.63, 3.8) is 0 Å². The second-order valence-electron chi connectivity index (χ2n) is 12.1. The number of carbonyl (C=O) groups excluding carboxylic acids is 2. The summed E-state index contributed by atoms with van der Waals surface area (Å²) in [6.45, 7) is 5.45. The normalized spacial score (nSPS) is 12.2. The predicted octanol–water partition coefficient (Wildman–Crippen LogP) is 8.77. The number of alkyl halides is 6. The van der Waals surface area contributed by atoms with Crippen LogP contribution < -0.4 is 10.6 Å². The molecule has 2 N–H and O–H groups in total. The minimum atomic E-state index is -4.43. The van der Waals surface area contributed by atoms with E-state index in [1.54, 1.807) is 75.6 Å². The van der Waals surface area contributed by atoms with E-state index >= 15 is 0 Å². The van der Waals surface area contributed by atoms with Gasteiger partial charge in [-0.05, 0) is 92.4 Å². The largest absolute Gasteiger partial charge is 0.416 e. The molecule has 2 aromatic carbocycles. The summed E-state index contributed by atoms with van der Waals surface area (Å²) in [5.41, 5.74) is 2.46. The number of carbonyl (C=O) groups is 2.